The fourth-order valence-electron chi connectivity index (χ4n) is 3.87. The summed E-state index contributed by atoms with van der Waals surface area (Å²) >= 11 is 0. The summed E-state index contributed by atoms with van der Waals surface area (Å²) in [6.07, 6.45) is 4.32. The van der Waals surface area contributed by atoms with Crippen molar-refractivity contribution in [3.05, 3.63) is 54.1 Å². The Morgan fingerprint density at radius 3 is 2.88 bits per heavy atom. The number of nitrogens with one attached hydrogen (secondary N) is 2. The normalized spacial score (nSPS) is 15.8. The molecular formula is C23H23N7O4. The molecule has 1 aliphatic rings. The van der Waals surface area contributed by atoms with Crippen molar-refractivity contribution in [2.45, 2.75) is 38.9 Å². The summed E-state index contributed by atoms with van der Waals surface area (Å²) in [5.74, 6) is 0.113. The van der Waals surface area contributed by atoms with Crippen molar-refractivity contribution in [3.8, 4) is 11.5 Å². The fourth-order valence-corrected chi connectivity index (χ4v) is 3.87. The number of benzene rings is 1. The number of ether oxygens (including phenoxy) is 1. The van der Waals surface area contributed by atoms with E-state index in [9.17, 15) is 9.59 Å². The number of amides is 1. The molecule has 174 valence electrons. The van der Waals surface area contributed by atoms with Gasteiger partial charge in [-0.25, -0.2) is 9.67 Å². The number of aromatic nitrogens is 5. The van der Waals surface area contributed by atoms with Gasteiger partial charge in [-0.1, -0.05) is 23.4 Å². The molecule has 4 heterocycles. The summed E-state index contributed by atoms with van der Waals surface area (Å²) in [5, 5.41) is 15.4. The summed E-state index contributed by atoms with van der Waals surface area (Å²) in [6, 6.07) is 8.79. The quantitative estimate of drug-likeness (QED) is 0.398. The lowest BCUT2D eigenvalue weighted by Gasteiger charge is -2.24. The lowest BCUT2D eigenvalue weighted by Crippen LogP contribution is -2.31. The van der Waals surface area contributed by atoms with Gasteiger partial charge in [0.15, 0.2) is 11.5 Å². The van der Waals surface area contributed by atoms with Crippen LogP contribution in [0.3, 0.4) is 0 Å². The Morgan fingerprint density at radius 2 is 2.09 bits per heavy atom. The van der Waals surface area contributed by atoms with Crippen LogP contribution in [-0.4, -0.2) is 49.4 Å². The molecular weight excluding hydrogens is 438 g/mol. The van der Waals surface area contributed by atoms with E-state index in [-0.39, 0.29) is 36.8 Å². The fraction of sp³-hybridized carbons (Fsp3) is 0.304. The highest BCUT2D eigenvalue weighted by Gasteiger charge is 2.25. The van der Waals surface area contributed by atoms with Gasteiger partial charge >= 0.3 is 5.97 Å². The van der Waals surface area contributed by atoms with Crippen molar-refractivity contribution >= 4 is 28.6 Å². The zero-order valence-corrected chi connectivity index (χ0v) is 18.5. The van der Waals surface area contributed by atoms with Gasteiger partial charge < -0.3 is 19.9 Å². The van der Waals surface area contributed by atoms with Crippen LogP contribution in [0.4, 0.5) is 5.69 Å². The average molecular weight is 461 g/mol. The summed E-state index contributed by atoms with van der Waals surface area (Å²) < 4.78 is 12.4. The molecule has 0 radical (unpaired) electrons. The number of anilines is 1. The van der Waals surface area contributed by atoms with Crippen LogP contribution in [0.1, 0.15) is 35.9 Å². The zero-order chi connectivity index (χ0) is 23.5. The SMILES string of the molecule is CCn1ncc2c(NC3CCOC(=O)C3)c(-c3nc(CNC(=O)c4ccccc4)no3)cnc21. The second-order valence-corrected chi connectivity index (χ2v) is 7.86. The number of cyclic esters (lactones) is 1. The van der Waals surface area contributed by atoms with Crippen LogP contribution in [0.2, 0.25) is 0 Å². The number of rotatable bonds is 7. The Morgan fingerprint density at radius 1 is 1.24 bits per heavy atom. The van der Waals surface area contributed by atoms with E-state index in [0.29, 0.717) is 47.9 Å². The average Bonchev–Trinajstić information content (AvgIpc) is 3.50. The van der Waals surface area contributed by atoms with Gasteiger partial charge in [-0.3, -0.25) is 9.59 Å². The van der Waals surface area contributed by atoms with Gasteiger partial charge in [0, 0.05) is 30.8 Å². The first-order chi connectivity index (χ1) is 16.6. The van der Waals surface area contributed by atoms with Crippen LogP contribution in [0.15, 0.2) is 47.2 Å². The Hall–Kier alpha value is -4.28. The van der Waals surface area contributed by atoms with Crippen LogP contribution in [0.5, 0.6) is 0 Å². The predicted octanol–water partition coefficient (Wildman–Crippen LogP) is 2.55. The molecule has 1 fully saturated rings. The topological polar surface area (TPSA) is 137 Å². The monoisotopic (exact) mass is 461 g/mol. The van der Waals surface area contributed by atoms with Crippen LogP contribution in [0.25, 0.3) is 22.5 Å². The maximum Gasteiger partial charge on any atom is 0.307 e. The molecule has 0 aliphatic carbocycles. The third-order valence-corrected chi connectivity index (χ3v) is 5.60. The Kier molecular flexibility index (Phi) is 5.90. The second-order valence-electron chi connectivity index (χ2n) is 7.86. The molecule has 0 saturated carbocycles. The van der Waals surface area contributed by atoms with E-state index in [0.717, 1.165) is 5.39 Å². The molecule has 0 spiro atoms. The second kappa shape index (κ2) is 9.30. The van der Waals surface area contributed by atoms with Crippen molar-refractivity contribution in [2.75, 3.05) is 11.9 Å². The standard InChI is InChI=1S/C23H23N7O4/c1-2-30-21-16(12-26-30)20(27-15-8-9-33-19(31)10-15)17(11-24-21)23-28-18(29-34-23)13-25-22(32)14-6-4-3-5-7-14/h3-7,11-12,15H,2,8-10,13H2,1H3,(H,24,27)(H,25,32). The van der Waals surface area contributed by atoms with Crippen molar-refractivity contribution in [2.24, 2.45) is 0 Å². The minimum Gasteiger partial charge on any atom is -0.466 e. The van der Waals surface area contributed by atoms with Gasteiger partial charge in [0.1, 0.15) is 0 Å². The van der Waals surface area contributed by atoms with E-state index >= 15 is 0 Å². The highest BCUT2D eigenvalue weighted by atomic mass is 16.5. The number of fused-ring (bicyclic) bond motifs is 1. The zero-order valence-electron chi connectivity index (χ0n) is 18.5. The summed E-state index contributed by atoms with van der Waals surface area (Å²) in [5.41, 5.74) is 2.57. The van der Waals surface area contributed by atoms with E-state index in [1.807, 2.05) is 13.0 Å². The number of esters is 1. The van der Waals surface area contributed by atoms with Gasteiger partial charge in [-0.15, -0.1) is 0 Å². The minimum absolute atomic E-state index is 0.108. The number of aryl methyl sites for hydroxylation is 1. The third-order valence-electron chi connectivity index (χ3n) is 5.60. The maximum absolute atomic E-state index is 12.3. The molecule has 5 rings (SSSR count). The van der Waals surface area contributed by atoms with Crippen molar-refractivity contribution < 1.29 is 18.8 Å². The van der Waals surface area contributed by atoms with E-state index in [2.05, 4.69) is 30.9 Å². The molecule has 1 aliphatic heterocycles. The lowest BCUT2D eigenvalue weighted by atomic mass is 10.1. The highest BCUT2D eigenvalue weighted by Crippen LogP contribution is 2.34. The van der Waals surface area contributed by atoms with Crippen LogP contribution in [-0.2, 0) is 22.6 Å². The van der Waals surface area contributed by atoms with Gasteiger partial charge in [-0.2, -0.15) is 10.1 Å². The molecule has 1 saturated heterocycles. The van der Waals surface area contributed by atoms with Crippen molar-refractivity contribution in [1.82, 2.24) is 30.2 Å². The Balaban J connectivity index is 1.42. The molecule has 2 N–H and O–H groups in total. The third kappa shape index (κ3) is 4.32. The maximum atomic E-state index is 12.3. The van der Waals surface area contributed by atoms with Gasteiger partial charge in [0.2, 0.25) is 0 Å². The van der Waals surface area contributed by atoms with Crippen LogP contribution < -0.4 is 10.6 Å². The number of carbonyl (C=O) groups is 2. The summed E-state index contributed by atoms with van der Waals surface area (Å²) in [6.45, 7) is 3.12. The van der Waals surface area contributed by atoms with E-state index in [1.54, 1.807) is 41.3 Å². The van der Waals surface area contributed by atoms with Crippen LogP contribution >= 0.6 is 0 Å². The highest BCUT2D eigenvalue weighted by molar-refractivity contribution is 5.97. The molecule has 1 unspecified atom stereocenters. The smallest absolute Gasteiger partial charge is 0.307 e. The molecule has 1 aromatic carbocycles. The molecule has 11 heteroatoms. The minimum atomic E-state index is -0.242. The summed E-state index contributed by atoms with van der Waals surface area (Å²) in [4.78, 5) is 33.1. The Bertz CT molecular complexity index is 1330. The number of hydrogen-bond acceptors (Lipinski definition) is 9. The van der Waals surface area contributed by atoms with E-state index < -0.39 is 0 Å². The number of carbonyl (C=O) groups excluding carboxylic acids is 2. The molecule has 4 aromatic rings. The van der Waals surface area contributed by atoms with E-state index in [1.165, 1.54) is 0 Å². The Labute approximate surface area is 194 Å². The van der Waals surface area contributed by atoms with Gasteiger partial charge in [0.25, 0.3) is 11.8 Å². The first-order valence-corrected chi connectivity index (χ1v) is 11.0. The number of pyridine rings is 1. The van der Waals surface area contributed by atoms with Crippen molar-refractivity contribution in [1.29, 1.82) is 0 Å². The lowest BCUT2D eigenvalue weighted by molar-refractivity contribution is -0.147. The molecule has 34 heavy (non-hydrogen) atoms. The predicted molar refractivity (Wildman–Crippen MR) is 122 cm³/mol. The van der Waals surface area contributed by atoms with Gasteiger partial charge in [0.05, 0.1) is 42.4 Å². The molecule has 1 atom stereocenters. The molecule has 3 aromatic heterocycles. The van der Waals surface area contributed by atoms with Crippen molar-refractivity contribution in [3.63, 3.8) is 0 Å². The number of nitrogens with zero attached hydrogens (tertiary/aromatic N) is 5. The summed E-state index contributed by atoms with van der Waals surface area (Å²) in [7, 11) is 0. The first-order valence-electron chi connectivity index (χ1n) is 11.0. The van der Waals surface area contributed by atoms with E-state index in [4.69, 9.17) is 9.26 Å². The molecule has 1 amide bonds. The largest absolute Gasteiger partial charge is 0.466 e. The molecule has 0 bridgehead atoms. The number of hydrogen-bond donors (Lipinski definition) is 2. The molecule has 11 nitrogen and oxygen atoms in total. The van der Waals surface area contributed by atoms with Gasteiger partial charge in [-0.05, 0) is 19.1 Å². The first kappa shape index (κ1) is 21.6. The van der Waals surface area contributed by atoms with Crippen LogP contribution in [0, 0.1) is 0 Å².